The van der Waals surface area contributed by atoms with Gasteiger partial charge < -0.3 is 9.47 Å². The summed E-state index contributed by atoms with van der Waals surface area (Å²) in [5.74, 6) is 0.446. The van der Waals surface area contributed by atoms with Crippen LogP contribution in [0, 0.1) is 13.8 Å². The molecule has 0 spiro atoms. The average molecular weight is 310 g/mol. The summed E-state index contributed by atoms with van der Waals surface area (Å²) in [6, 6.07) is 13.9. The summed E-state index contributed by atoms with van der Waals surface area (Å²) < 4.78 is 10.3. The van der Waals surface area contributed by atoms with Crippen LogP contribution in [0.1, 0.15) is 29.2 Å². The molecule has 0 amide bonds. The van der Waals surface area contributed by atoms with Gasteiger partial charge in [0.05, 0.1) is 13.7 Å². The van der Waals surface area contributed by atoms with Crippen LogP contribution in [0.15, 0.2) is 48.5 Å². The van der Waals surface area contributed by atoms with Crippen LogP contribution in [0.2, 0.25) is 0 Å². The predicted molar refractivity (Wildman–Crippen MR) is 92.6 cm³/mol. The van der Waals surface area contributed by atoms with E-state index in [1.807, 2.05) is 38.1 Å². The summed E-state index contributed by atoms with van der Waals surface area (Å²) in [6.45, 7) is 6.26. The Balaban J connectivity index is 2.52. The first-order valence-corrected chi connectivity index (χ1v) is 7.65. The Morgan fingerprint density at radius 1 is 1.00 bits per heavy atom. The van der Waals surface area contributed by atoms with Crippen LogP contribution in [0.4, 0.5) is 0 Å². The third-order valence-corrected chi connectivity index (χ3v) is 3.48. The summed E-state index contributed by atoms with van der Waals surface area (Å²) in [7, 11) is 1.63. The molecular formula is C20H22O3. The number of benzene rings is 2. The van der Waals surface area contributed by atoms with Crippen molar-refractivity contribution >= 4 is 11.5 Å². The van der Waals surface area contributed by atoms with Gasteiger partial charge >= 0.3 is 5.97 Å². The number of esters is 1. The number of hydrogen-bond donors (Lipinski definition) is 0. The van der Waals surface area contributed by atoms with Crippen molar-refractivity contribution in [2.75, 3.05) is 13.7 Å². The second kappa shape index (κ2) is 7.63. The molecule has 3 nitrogen and oxygen atoms in total. The zero-order valence-corrected chi connectivity index (χ0v) is 14.1. The van der Waals surface area contributed by atoms with Gasteiger partial charge in [-0.2, -0.15) is 0 Å². The maximum Gasteiger partial charge on any atom is 0.331 e. The molecule has 0 aliphatic heterocycles. The Kier molecular flexibility index (Phi) is 5.58. The van der Waals surface area contributed by atoms with Gasteiger partial charge in [0.25, 0.3) is 0 Å². The Labute approximate surface area is 137 Å². The summed E-state index contributed by atoms with van der Waals surface area (Å²) in [5, 5.41) is 0. The van der Waals surface area contributed by atoms with E-state index in [9.17, 15) is 4.79 Å². The highest BCUT2D eigenvalue weighted by Gasteiger charge is 2.10. The lowest BCUT2D eigenvalue weighted by Crippen LogP contribution is -2.02. The molecule has 0 unspecified atom stereocenters. The van der Waals surface area contributed by atoms with Gasteiger partial charge in [-0.1, -0.05) is 41.5 Å². The Bertz CT molecular complexity index is 692. The first-order valence-electron chi connectivity index (χ1n) is 7.65. The van der Waals surface area contributed by atoms with Crippen LogP contribution < -0.4 is 4.74 Å². The monoisotopic (exact) mass is 310 g/mol. The van der Waals surface area contributed by atoms with Gasteiger partial charge in [-0.3, -0.25) is 0 Å². The number of carbonyl (C=O) groups excluding carboxylic acids is 1. The van der Waals surface area contributed by atoms with Gasteiger partial charge in [0.1, 0.15) is 5.75 Å². The zero-order chi connectivity index (χ0) is 16.8. The minimum atomic E-state index is -0.336. The van der Waals surface area contributed by atoms with Crippen molar-refractivity contribution in [1.29, 1.82) is 0 Å². The lowest BCUT2D eigenvalue weighted by atomic mass is 9.94. The SMILES string of the molecule is CCOC(=O)/C=C(\c1ccc(OC)cc1)c1cc(C)cc(C)c1. The van der Waals surface area contributed by atoms with Gasteiger partial charge in [0, 0.05) is 6.08 Å². The number of ether oxygens (including phenoxy) is 2. The quantitative estimate of drug-likeness (QED) is 0.610. The largest absolute Gasteiger partial charge is 0.497 e. The lowest BCUT2D eigenvalue weighted by molar-refractivity contribution is -0.137. The van der Waals surface area contributed by atoms with Crippen molar-refractivity contribution in [3.05, 3.63) is 70.8 Å². The maximum atomic E-state index is 12.0. The van der Waals surface area contributed by atoms with Crippen molar-refractivity contribution in [3.63, 3.8) is 0 Å². The van der Waals surface area contributed by atoms with Crippen molar-refractivity contribution < 1.29 is 14.3 Å². The van der Waals surface area contributed by atoms with Crippen LogP contribution in [0.25, 0.3) is 5.57 Å². The third-order valence-electron chi connectivity index (χ3n) is 3.48. The summed E-state index contributed by atoms with van der Waals surface area (Å²) >= 11 is 0. The smallest absolute Gasteiger partial charge is 0.331 e. The van der Waals surface area contributed by atoms with Gasteiger partial charge in [-0.15, -0.1) is 0 Å². The van der Waals surface area contributed by atoms with E-state index in [4.69, 9.17) is 9.47 Å². The fourth-order valence-electron chi connectivity index (χ4n) is 2.54. The van der Waals surface area contributed by atoms with Gasteiger partial charge in [0.15, 0.2) is 0 Å². The fraction of sp³-hybridized carbons (Fsp3) is 0.250. The van der Waals surface area contributed by atoms with Gasteiger partial charge in [-0.05, 0) is 49.6 Å². The predicted octanol–water partition coefficient (Wildman–Crippen LogP) is 4.31. The van der Waals surface area contributed by atoms with Crippen molar-refractivity contribution in [2.45, 2.75) is 20.8 Å². The van der Waals surface area contributed by atoms with E-state index in [1.54, 1.807) is 20.1 Å². The lowest BCUT2D eigenvalue weighted by Gasteiger charge is -2.11. The minimum absolute atomic E-state index is 0.336. The summed E-state index contributed by atoms with van der Waals surface area (Å²) in [4.78, 5) is 12.0. The molecule has 0 radical (unpaired) electrons. The molecule has 0 fully saturated rings. The average Bonchev–Trinajstić information content (AvgIpc) is 2.52. The number of carbonyl (C=O) groups is 1. The van der Waals surface area contributed by atoms with E-state index in [0.717, 1.165) is 33.6 Å². The number of hydrogen-bond acceptors (Lipinski definition) is 3. The molecule has 3 heteroatoms. The van der Waals surface area contributed by atoms with Crippen LogP contribution in [-0.4, -0.2) is 19.7 Å². The van der Waals surface area contributed by atoms with Gasteiger partial charge in [0.2, 0.25) is 0 Å². The molecule has 2 aromatic rings. The van der Waals surface area contributed by atoms with Crippen molar-refractivity contribution in [2.24, 2.45) is 0 Å². The van der Waals surface area contributed by atoms with Gasteiger partial charge in [-0.25, -0.2) is 4.79 Å². The molecule has 0 bridgehead atoms. The normalized spacial score (nSPS) is 11.2. The highest BCUT2D eigenvalue weighted by atomic mass is 16.5. The third kappa shape index (κ3) is 4.46. The maximum absolute atomic E-state index is 12.0. The van der Waals surface area contributed by atoms with E-state index in [-0.39, 0.29) is 5.97 Å². The molecule has 0 saturated heterocycles. The van der Waals surface area contributed by atoms with E-state index in [2.05, 4.69) is 18.2 Å². The van der Waals surface area contributed by atoms with E-state index in [1.165, 1.54) is 0 Å². The van der Waals surface area contributed by atoms with Crippen LogP contribution in [0.3, 0.4) is 0 Å². The number of rotatable bonds is 5. The van der Waals surface area contributed by atoms with E-state index < -0.39 is 0 Å². The highest BCUT2D eigenvalue weighted by Crippen LogP contribution is 2.27. The molecule has 0 atom stereocenters. The molecule has 23 heavy (non-hydrogen) atoms. The molecule has 0 aliphatic carbocycles. The summed E-state index contributed by atoms with van der Waals surface area (Å²) in [5.41, 5.74) is 5.11. The van der Waals surface area contributed by atoms with E-state index >= 15 is 0 Å². The molecule has 2 rings (SSSR count). The molecule has 120 valence electrons. The number of aryl methyl sites for hydroxylation is 2. The Morgan fingerprint density at radius 2 is 1.61 bits per heavy atom. The fourth-order valence-corrected chi connectivity index (χ4v) is 2.54. The highest BCUT2D eigenvalue weighted by molar-refractivity contribution is 5.96. The Hall–Kier alpha value is -2.55. The van der Waals surface area contributed by atoms with Crippen LogP contribution in [-0.2, 0) is 9.53 Å². The molecular weight excluding hydrogens is 288 g/mol. The molecule has 0 N–H and O–H groups in total. The minimum Gasteiger partial charge on any atom is -0.497 e. The summed E-state index contributed by atoms with van der Waals surface area (Å²) in [6.07, 6.45) is 1.56. The van der Waals surface area contributed by atoms with Crippen LogP contribution >= 0.6 is 0 Å². The van der Waals surface area contributed by atoms with Crippen LogP contribution in [0.5, 0.6) is 5.75 Å². The van der Waals surface area contributed by atoms with Crippen molar-refractivity contribution in [3.8, 4) is 5.75 Å². The molecule has 0 heterocycles. The zero-order valence-electron chi connectivity index (χ0n) is 14.1. The molecule has 0 saturated carbocycles. The second-order valence-electron chi connectivity index (χ2n) is 5.41. The second-order valence-corrected chi connectivity index (χ2v) is 5.41. The topological polar surface area (TPSA) is 35.5 Å². The standard InChI is InChI=1S/C20H22O3/c1-5-23-20(21)13-19(16-6-8-18(22-4)9-7-16)17-11-14(2)10-15(3)12-17/h6-13H,5H2,1-4H3/b19-13+. The first kappa shape index (κ1) is 16.8. The first-order chi connectivity index (χ1) is 11.0. The van der Waals surface area contributed by atoms with Crippen molar-refractivity contribution in [1.82, 2.24) is 0 Å². The van der Waals surface area contributed by atoms with E-state index in [0.29, 0.717) is 6.61 Å². The Morgan fingerprint density at radius 3 is 2.13 bits per heavy atom. The molecule has 2 aromatic carbocycles. The number of methoxy groups -OCH3 is 1. The molecule has 0 aromatic heterocycles. The molecule has 0 aliphatic rings.